The van der Waals surface area contributed by atoms with Gasteiger partial charge in [0, 0.05) is 19.4 Å². The first-order valence-corrected chi connectivity index (χ1v) is 8.98. The van der Waals surface area contributed by atoms with Gasteiger partial charge in [0.1, 0.15) is 11.9 Å². The number of aromatic nitrogens is 5. The van der Waals surface area contributed by atoms with E-state index in [9.17, 15) is 18.0 Å². The number of nitrogens with zero attached hydrogens (tertiary/aromatic N) is 5. The summed E-state index contributed by atoms with van der Waals surface area (Å²) in [6.45, 7) is 0. The van der Waals surface area contributed by atoms with E-state index in [0.29, 0.717) is 10.5 Å². The van der Waals surface area contributed by atoms with Gasteiger partial charge >= 0.3 is 6.18 Å². The molecule has 0 fully saturated rings. The minimum Gasteiger partial charge on any atom is -0.341 e. The molecule has 3 aromatic rings. The number of carbonyl (C=O) groups is 1. The van der Waals surface area contributed by atoms with Crippen LogP contribution >= 0.6 is 11.8 Å². The number of imidazole rings is 1. The first kappa shape index (κ1) is 19.7. The van der Waals surface area contributed by atoms with Gasteiger partial charge in [-0.1, -0.05) is 42.1 Å². The second-order valence-corrected chi connectivity index (χ2v) is 6.71. The third-order valence-corrected chi connectivity index (χ3v) is 4.75. The van der Waals surface area contributed by atoms with Crippen molar-refractivity contribution in [1.29, 1.82) is 0 Å². The number of thioether (sulfide) groups is 1. The van der Waals surface area contributed by atoms with Gasteiger partial charge in [0.2, 0.25) is 11.1 Å². The Morgan fingerprint density at radius 2 is 2.00 bits per heavy atom. The molecule has 8 nitrogen and oxygen atoms in total. The van der Waals surface area contributed by atoms with Crippen molar-refractivity contribution in [1.82, 2.24) is 29.7 Å². The third-order valence-electron chi connectivity index (χ3n) is 3.81. The predicted octanol–water partition coefficient (Wildman–Crippen LogP) is 1.74. The normalized spacial score (nSPS) is 12.7. The Kier molecular flexibility index (Phi) is 5.58. The van der Waals surface area contributed by atoms with Crippen LogP contribution in [0.5, 0.6) is 0 Å². The highest BCUT2D eigenvalue weighted by Crippen LogP contribution is 2.29. The van der Waals surface area contributed by atoms with Gasteiger partial charge in [-0.2, -0.15) is 13.2 Å². The third kappa shape index (κ3) is 4.27. The number of carbonyl (C=O) groups excluding carboxylic acids is 1. The molecule has 12 heteroatoms. The van der Waals surface area contributed by atoms with Crippen molar-refractivity contribution in [3.8, 4) is 0 Å². The van der Waals surface area contributed by atoms with E-state index in [1.54, 1.807) is 24.0 Å². The quantitative estimate of drug-likeness (QED) is 0.473. The fourth-order valence-corrected chi connectivity index (χ4v) is 3.17. The Hall–Kier alpha value is -3.02. The molecular formula is C16H16F3N7OS. The molecule has 3 N–H and O–H groups in total. The molecule has 3 rings (SSSR count). The lowest BCUT2D eigenvalue weighted by atomic mass is 10.1. The van der Waals surface area contributed by atoms with Gasteiger partial charge in [0.15, 0.2) is 0 Å². The Balaban J connectivity index is 1.72. The molecule has 148 valence electrons. The van der Waals surface area contributed by atoms with Crippen LogP contribution in [0.25, 0.3) is 0 Å². The highest BCUT2D eigenvalue weighted by atomic mass is 32.2. The molecule has 0 bridgehead atoms. The molecular weight excluding hydrogens is 395 g/mol. The van der Waals surface area contributed by atoms with Crippen molar-refractivity contribution in [3.05, 3.63) is 59.9 Å². The van der Waals surface area contributed by atoms with Crippen LogP contribution in [-0.2, 0) is 18.0 Å². The second-order valence-electron chi connectivity index (χ2n) is 5.77. The minimum atomic E-state index is -4.72. The molecule has 0 aliphatic heterocycles. The van der Waals surface area contributed by atoms with Gasteiger partial charge in [0.25, 0.3) is 5.82 Å². The van der Waals surface area contributed by atoms with E-state index >= 15 is 0 Å². The summed E-state index contributed by atoms with van der Waals surface area (Å²) in [5.41, 5.74) is 0.816. The summed E-state index contributed by atoms with van der Waals surface area (Å²) in [6, 6.07) is 8.69. The molecule has 1 aromatic carbocycles. The standard InChI is InChI=1S/C16H16F3N7OS/c1-25-8-7-21-13(25)12(10-5-3-2-4-6-10)22-11(27)9-28-15-24-23-14(26(15)20)16(17,18)19/h2-8,12H,9,20H2,1H3,(H,22,27). The van der Waals surface area contributed by atoms with Gasteiger partial charge < -0.3 is 15.7 Å². The summed E-state index contributed by atoms with van der Waals surface area (Å²) in [5.74, 6) is 4.05. The molecule has 0 saturated carbocycles. The van der Waals surface area contributed by atoms with Crippen LogP contribution in [0.1, 0.15) is 23.3 Å². The monoisotopic (exact) mass is 411 g/mol. The molecule has 0 aliphatic carbocycles. The molecule has 1 amide bonds. The van der Waals surface area contributed by atoms with E-state index in [4.69, 9.17) is 5.84 Å². The molecule has 0 spiro atoms. The zero-order chi connectivity index (χ0) is 20.3. The van der Waals surface area contributed by atoms with E-state index < -0.39 is 23.9 Å². The lowest BCUT2D eigenvalue weighted by molar-refractivity contribution is -0.146. The SMILES string of the molecule is Cn1ccnc1C(NC(=O)CSc1nnc(C(F)(F)F)n1N)c1ccccc1. The number of benzene rings is 1. The average Bonchev–Trinajstić information content (AvgIpc) is 3.24. The van der Waals surface area contributed by atoms with E-state index in [-0.39, 0.29) is 10.9 Å². The van der Waals surface area contributed by atoms with Crippen LogP contribution in [0.3, 0.4) is 0 Å². The van der Waals surface area contributed by atoms with Crippen molar-refractivity contribution in [2.75, 3.05) is 11.6 Å². The van der Waals surface area contributed by atoms with Crippen LogP contribution in [0.4, 0.5) is 13.2 Å². The maximum atomic E-state index is 12.7. The van der Waals surface area contributed by atoms with E-state index in [2.05, 4.69) is 20.5 Å². The summed E-state index contributed by atoms with van der Waals surface area (Å²) in [4.78, 5) is 16.7. The Bertz CT molecular complexity index is 955. The van der Waals surface area contributed by atoms with Gasteiger partial charge in [-0.05, 0) is 5.56 Å². The summed E-state index contributed by atoms with van der Waals surface area (Å²) in [7, 11) is 1.80. The molecule has 0 radical (unpaired) electrons. The number of amides is 1. The number of alkyl halides is 3. The number of aryl methyl sites for hydroxylation is 1. The summed E-state index contributed by atoms with van der Waals surface area (Å²) in [5, 5.41) is 9.04. The second kappa shape index (κ2) is 7.92. The number of halogens is 3. The Labute approximate surface area is 161 Å². The number of nitrogens with two attached hydrogens (primary N) is 1. The number of nitrogens with one attached hydrogen (secondary N) is 1. The lowest BCUT2D eigenvalue weighted by Gasteiger charge is -2.19. The van der Waals surface area contributed by atoms with Crippen molar-refractivity contribution >= 4 is 17.7 Å². The molecule has 1 unspecified atom stereocenters. The molecule has 28 heavy (non-hydrogen) atoms. The average molecular weight is 411 g/mol. The van der Waals surface area contributed by atoms with Crippen molar-refractivity contribution < 1.29 is 18.0 Å². The summed E-state index contributed by atoms with van der Waals surface area (Å²) in [6.07, 6.45) is -1.36. The maximum absolute atomic E-state index is 12.7. The van der Waals surface area contributed by atoms with E-state index in [0.717, 1.165) is 17.3 Å². The summed E-state index contributed by atoms with van der Waals surface area (Å²) < 4.78 is 40.2. The van der Waals surface area contributed by atoms with Gasteiger partial charge in [-0.25, -0.2) is 9.66 Å². The number of nitrogen functional groups attached to an aromatic ring is 1. The highest BCUT2D eigenvalue weighted by Gasteiger charge is 2.38. The first-order chi connectivity index (χ1) is 13.3. The maximum Gasteiger partial charge on any atom is 0.453 e. The summed E-state index contributed by atoms with van der Waals surface area (Å²) >= 11 is 0.756. The number of rotatable bonds is 6. The van der Waals surface area contributed by atoms with Crippen LogP contribution < -0.4 is 11.2 Å². The number of hydrogen-bond donors (Lipinski definition) is 2. The van der Waals surface area contributed by atoms with Gasteiger partial charge in [-0.15, -0.1) is 10.2 Å². The van der Waals surface area contributed by atoms with E-state index in [1.807, 2.05) is 30.3 Å². The predicted molar refractivity (Wildman–Crippen MR) is 95.5 cm³/mol. The zero-order valence-electron chi connectivity index (χ0n) is 14.6. The molecule has 2 aromatic heterocycles. The fourth-order valence-electron chi connectivity index (χ4n) is 2.50. The van der Waals surface area contributed by atoms with Gasteiger partial charge in [-0.3, -0.25) is 4.79 Å². The van der Waals surface area contributed by atoms with Crippen LogP contribution in [-0.4, -0.2) is 36.1 Å². The molecule has 2 heterocycles. The molecule has 1 atom stereocenters. The largest absolute Gasteiger partial charge is 0.453 e. The smallest absolute Gasteiger partial charge is 0.341 e. The van der Waals surface area contributed by atoms with Crippen molar-refractivity contribution in [2.45, 2.75) is 17.4 Å². The van der Waals surface area contributed by atoms with Crippen LogP contribution in [0.15, 0.2) is 47.9 Å². The minimum absolute atomic E-state index is 0.194. The van der Waals surface area contributed by atoms with Crippen LogP contribution in [0.2, 0.25) is 0 Å². The molecule has 0 saturated heterocycles. The number of hydrogen-bond acceptors (Lipinski definition) is 6. The zero-order valence-corrected chi connectivity index (χ0v) is 15.4. The Morgan fingerprint density at radius 3 is 2.57 bits per heavy atom. The van der Waals surface area contributed by atoms with Gasteiger partial charge in [0.05, 0.1) is 5.75 Å². The first-order valence-electron chi connectivity index (χ1n) is 7.99. The lowest BCUT2D eigenvalue weighted by Crippen LogP contribution is -2.32. The molecule has 0 aliphatic rings. The topological polar surface area (TPSA) is 104 Å². The van der Waals surface area contributed by atoms with Crippen molar-refractivity contribution in [3.63, 3.8) is 0 Å². The highest BCUT2D eigenvalue weighted by molar-refractivity contribution is 7.99. The Morgan fingerprint density at radius 1 is 1.29 bits per heavy atom. The van der Waals surface area contributed by atoms with Crippen molar-refractivity contribution in [2.24, 2.45) is 7.05 Å². The van der Waals surface area contributed by atoms with Crippen LogP contribution in [0, 0.1) is 0 Å². The fraction of sp³-hybridized carbons (Fsp3) is 0.250. The van der Waals surface area contributed by atoms with E-state index in [1.165, 1.54) is 0 Å².